The maximum absolute atomic E-state index is 14.1. The van der Waals surface area contributed by atoms with Gasteiger partial charge in [-0.15, -0.1) is 0 Å². The van der Waals surface area contributed by atoms with Gasteiger partial charge >= 0.3 is 0 Å². The summed E-state index contributed by atoms with van der Waals surface area (Å²) in [6.07, 6.45) is 10.8. The summed E-state index contributed by atoms with van der Waals surface area (Å²) in [5, 5.41) is 4.97. The predicted octanol–water partition coefficient (Wildman–Crippen LogP) is 10.4. The quantitative estimate of drug-likeness (QED) is 0.101. The third-order valence-corrected chi connectivity index (χ3v) is 13.3. The molecule has 272 valence electrons. The standard InChI is InChI=1S/C36H26Cl4N2O4.C5H9NO/c37-21-11-17-25-18(34(44)41(33(17)43)15-7-3-1-4-8-15)12-22(38)28-30-24(40)14-20-26-19(13-23(39)29(32(26)30)27(21)31(25)28)35(45)42(36(20)46)16-9-5-2-6-10-16;1-6-4-2-3-5(6)7/h11-16H,1-10H2;2-4H2,1H3. The number of fused-ring (bicyclic) bond motifs is 2. The molecule has 0 radical (unpaired) electrons. The van der Waals surface area contributed by atoms with Gasteiger partial charge < -0.3 is 4.90 Å². The van der Waals surface area contributed by atoms with E-state index < -0.39 is 0 Å². The summed E-state index contributed by atoms with van der Waals surface area (Å²) < 4.78 is 0. The molecule has 3 aliphatic heterocycles. The van der Waals surface area contributed by atoms with Crippen LogP contribution < -0.4 is 0 Å². The number of halogens is 4. The molecule has 2 saturated carbocycles. The Morgan fingerprint density at radius 2 is 0.774 bits per heavy atom. The molecule has 0 unspecified atom stereocenters. The first-order valence-corrected chi connectivity index (χ1v) is 20.0. The van der Waals surface area contributed by atoms with Crippen molar-refractivity contribution in [3.8, 4) is 0 Å². The van der Waals surface area contributed by atoms with Crippen molar-refractivity contribution in [2.45, 2.75) is 89.1 Å². The van der Waals surface area contributed by atoms with Crippen LogP contribution in [0.4, 0.5) is 0 Å². The maximum Gasteiger partial charge on any atom is 0.261 e. The minimum atomic E-state index is -0.377. The van der Waals surface area contributed by atoms with Gasteiger partial charge in [-0.2, -0.15) is 0 Å². The Morgan fingerprint density at radius 3 is 1.02 bits per heavy atom. The van der Waals surface area contributed by atoms with Gasteiger partial charge in [0.2, 0.25) is 5.91 Å². The Morgan fingerprint density at radius 1 is 0.453 bits per heavy atom. The third kappa shape index (κ3) is 5.12. The SMILES string of the molecule is CN1CCCC1=O.O=C1c2cc(Cl)c3c4c(Cl)cc5c6c(cc(Cl)c(c7c(Cl)cc(c2c37)C(=O)N1C1CCCCC1)c64)C(=O)N(C1CCCCC1)C5=O. The van der Waals surface area contributed by atoms with Crippen molar-refractivity contribution in [2.75, 3.05) is 13.6 Å². The molecule has 5 aliphatic rings. The highest BCUT2D eigenvalue weighted by molar-refractivity contribution is 6.56. The summed E-state index contributed by atoms with van der Waals surface area (Å²) in [5.74, 6) is -1.21. The van der Waals surface area contributed by atoms with Gasteiger partial charge in [-0.3, -0.25) is 33.8 Å². The first-order chi connectivity index (χ1) is 25.5. The van der Waals surface area contributed by atoms with Gasteiger partial charge in [0.05, 0.1) is 22.3 Å². The van der Waals surface area contributed by atoms with E-state index in [1.165, 1.54) is 9.80 Å². The molecule has 2 aliphatic carbocycles. The Bertz CT molecular complexity index is 2190. The number of amides is 5. The number of hydrogen-bond donors (Lipinski definition) is 0. The van der Waals surface area contributed by atoms with Crippen LogP contribution in [0.25, 0.3) is 43.1 Å². The molecular weight excluding hydrogens is 756 g/mol. The number of benzene rings is 5. The highest BCUT2D eigenvalue weighted by Gasteiger charge is 2.43. The Hall–Kier alpha value is -3.69. The van der Waals surface area contributed by atoms with Crippen LogP contribution in [0, 0.1) is 0 Å². The molecular formula is C41H35Cl4N3O5. The van der Waals surface area contributed by atoms with E-state index in [0.717, 1.165) is 83.6 Å². The highest BCUT2D eigenvalue weighted by Crippen LogP contribution is 2.54. The van der Waals surface area contributed by atoms with Crippen LogP contribution in [-0.2, 0) is 4.79 Å². The van der Waals surface area contributed by atoms with Gasteiger partial charge in [-0.1, -0.05) is 84.9 Å². The van der Waals surface area contributed by atoms with Crippen LogP contribution in [0.1, 0.15) is 118 Å². The molecule has 0 spiro atoms. The van der Waals surface area contributed by atoms with Crippen molar-refractivity contribution in [1.29, 1.82) is 0 Å². The second-order valence-electron chi connectivity index (χ2n) is 15.1. The van der Waals surface area contributed by atoms with Crippen molar-refractivity contribution in [3.05, 3.63) is 66.6 Å². The van der Waals surface area contributed by atoms with Crippen LogP contribution in [0.5, 0.6) is 0 Å². The van der Waals surface area contributed by atoms with E-state index >= 15 is 0 Å². The second kappa shape index (κ2) is 13.0. The zero-order chi connectivity index (χ0) is 37.0. The molecule has 5 amide bonds. The molecule has 3 heterocycles. The summed E-state index contributed by atoms with van der Waals surface area (Å²) in [6.45, 7) is 0.957. The molecule has 10 rings (SSSR count). The fourth-order valence-electron chi connectivity index (χ4n) is 9.62. The average Bonchev–Trinajstić information content (AvgIpc) is 3.53. The summed E-state index contributed by atoms with van der Waals surface area (Å²) in [5.41, 5.74) is 1.32. The number of rotatable bonds is 2. The number of nitrogens with zero attached hydrogens (tertiary/aromatic N) is 3. The van der Waals surface area contributed by atoms with Gasteiger partial charge in [-0.25, -0.2) is 0 Å². The molecule has 12 heteroatoms. The van der Waals surface area contributed by atoms with Gasteiger partial charge in [0.15, 0.2) is 0 Å². The molecule has 8 nitrogen and oxygen atoms in total. The average molecular weight is 792 g/mol. The van der Waals surface area contributed by atoms with Crippen molar-refractivity contribution < 1.29 is 24.0 Å². The largest absolute Gasteiger partial charge is 0.346 e. The van der Waals surface area contributed by atoms with E-state index in [4.69, 9.17) is 46.4 Å². The van der Waals surface area contributed by atoms with Gasteiger partial charge in [0, 0.05) is 95.3 Å². The molecule has 53 heavy (non-hydrogen) atoms. The lowest BCUT2D eigenvalue weighted by Gasteiger charge is -2.37. The molecule has 5 aromatic carbocycles. The fourth-order valence-corrected chi connectivity index (χ4v) is 10.8. The van der Waals surface area contributed by atoms with Gasteiger partial charge in [0.25, 0.3) is 23.6 Å². The minimum Gasteiger partial charge on any atom is -0.346 e. The van der Waals surface area contributed by atoms with Crippen molar-refractivity contribution in [1.82, 2.24) is 14.7 Å². The van der Waals surface area contributed by atoms with Crippen LogP contribution in [0.3, 0.4) is 0 Å². The van der Waals surface area contributed by atoms with E-state index in [0.29, 0.717) is 71.3 Å². The predicted molar refractivity (Wildman–Crippen MR) is 209 cm³/mol. The molecule has 0 bridgehead atoms. The molecule has 0 N–H and O–H groups in total. The minimum absolute atomic E-state index is 0.189. The van der Waals surface area contributed by atoms with E-state index in [2.05, 4.69) is 0 Å². The summed E-state index contributed by atoms with van der Waals surface area (Å²) >= 11 is 28.4. The van der Waals surface area contributed by atoms with Crippen LogP contribution in [0.2, 0.25) is 20.1 Å². The zero-order valence-corrected chi connectivity index (χ0v) is 32.1. The maximum atomic E-state index is 14.1. The molecule has 0 atom stereocenters. The monoisotopic (exact) mass is 789 g/mol. The lowest BCUT2D eigenvalue weighted by Crippen LogP contribution is -2.48. The van der Waals surface area contributed by atoms with E-state index in [9.17, 15) is 24.0 Å². The first kappa shape index (κ1) is 35.0. The van der Waals surface area contributed by atoms with E-state index in [1.54, 1.807) is 29.2 Å². The smallest absolute Gasteiger partial charge is 0.261 e. The normalized spacial score (nSPS) is 19.9. The fraction of sp³-hybridized carbons (Fsp3) is 0.390. The number of likely N-dealkylation sites (tertiary alicyclic amines) is 1. The van der Waals surface area contributed by atoms with Crippen molar-refractivity contribution in [3.63, 3.8) is 0 Å². The molecule has 1 saturated heterocycles. The number of hydrogen-bond acceptors (Lipinski definition) is 5. The Balaban J connectivity index is 0.000000480. The number of carbonyl (C=O) groups excluding carboxylic acids is 5. The van der Waals surface area contributed by atoms with Crippen LogP contribution in [0.15, 0.2) is 24.3 Å². The third-order valence-electron chi connectivity index (χ3n) is 12.1. The highest BCUT2D eigenvalue weighted by atomic mass is 35.5. The van der Waals surface area contributed by atoms with Crippen molar-refractivity contribution >= 4 is 119 Å². The number of imide groups is 2. The van der Waals surface area contributed by atoms with Crippen LogP contribution in [-0.4, -0.2) is 69.9 Å². The Labute approximate surface area is 325 Å². The summed E-state index contributed by atoms with van der Waals surface area (Å²) in [4.78, 5) is 71.4. The first-order valence-electron chi connectivity index (χ1n) is 18.5. The van der Waals surface area contributed by atoms with Crippen LogP contribution >= 0.6 is 46.4 Å². The lowest BCUT2D eigenvalue weighted by atomic mass is 9.81. The molecule has 0 aromatic heterocycles. The topological polar surface area (TPSA) is 95.1 Å². The zero-order valence-electron chi connectivity index (χ0n) is 29.1. The number of carbonyl (C=O) groups is 5. The van der Waals surface area contributed by atoms with Gasteiger partial charge in [-0.05, 0) is 56.4 Å². The molecule has 5 aromatic rings. The summed E-state index contributed by atoms with van der Waals surface area (Å²) in [6, 6.07) is 6.08. The van der Waals surface area contributed by atoms with E-state index in [1.807, 2.05) is 7.05 Å². The lowest BCUT2D eigenvalue weighted by molar-refractivity contribution is -0.126. The van der Waals surface area contributed by atoms with Gasteiger partial charge in [0.1, 0.15) is 0 Å². The summed E-state index contributed by atoms with van der Waals surface area (Å²) in [7, 11) is 1.84. The molecule has 3 fully saturated rings. The van der Waals surface area contributed by atoms with Crippen molar-refractivity contribution in [2.24, 2.45) is 0 Å². The van der Waals surface area contributed by atoms with E-state index in [-0.39, 0.29) is 55.8 Å². The Kier molecular flexibility index (Phi) is 8.57. The second-order valence-corrected chi connectivity index (χ2v) is 16.7.